The predicted molar refractivity (Wildman–Crippen MR) is 107 cm³/mol. The van der Waals surface area contributed by atoms with Crippen molar-refractivity contribution in [1.82, 2.24) is 0 Å². The highest BCUT2D eigenvalue weighted by Gasteiger charge is 2.25. The number of rotatable bonds is 3. The zero-order valence-electron chi connectivity index (χ0n) is 14.0. The second-order valence-corrected chi connectivity index (χ2v) is 7.37. The molecule has 5 heteroatoms. The molecule has 3 aromatic carbocycles. The van der Waals surface area contributed by atoms with Crippen LogP contribution in [0.1, 0.15) is 26.3 Å². The number of hydrogen-bond acceptors (Lipinski definition) is 4. The quantitative estimate of drug-likeness (QED) is 0.316. The Labute approximate surface area is 165 Å². The summed E-state index contributed by atoms with van der Waals surface area (Å²) < 4.78 is 5.36. The first-order chi connectivity index (χ1) is 13.1. The van der Waals surface area contributed by atoms with Crippen molar-refractivity contribution < 1.29 is 14.3 Å². The van der Waals surface area contributed by atoms with E-state index in [0.29, 0.717) is 21.2 Å². The molecule has 0 saturated heterocycles. The Morgan fingerprint density at radius 1 is 0.926 bits per heavy atom. The molecule has 0 saturated carbocycles. The molecular formula is C22H13ClO3S. The minimum absolute atomic E-state index is 0.0322. The molecule has 0 fully saturated rings. The summed E-state index contributed by atoms with van der Waals surface area (Å²) in [5.74, 6) is -0.0655. The van der Waals surface area contributed by atoms with E-state index in [-0.39, 0.29) is 5.78 Å². The molecule has 0 bridgehead atoms. The molecule has 132 valence electrons. The molecule has 0 spiro atoms. The fourth-order valence-corrected chi connectivity index (χ4v) is 3.97. The highest BCUT2D eigenvalue weighted by molar-refractivity contribution is 8.04. The summed E-state index contributed by atoms with van der Waals surface area (Å²) >= 11 is 7.48. The molecule has 0 atom stereocenters. The average Bonchev–Trinajstić information content (AvgIpc) is 2.99. The van der Waals surface area contributed by atoms with Gasteiger partial charge in [0.05, 0.1) is 15.5 Å². The number of halogens is 1. The number of carbonyl (C=O) groups excluding carboxylic acids is 2. The molecule has 0 unspecified atom stereocenters. The van der Waals surface area contributed by atoms with E-state index in [1.54, 1.807) is 48.5 Å². The van der Waals surface area contributed by atoms with Gasteiger partial charge in [0.25, 0.3) is 0 Å². The molecule has 0 N–H and O–H groups in total. The van der Waals surface area contributed by atoms with Crippen LogP contribution in [0, 0.1) is 0 Å². The van der Waals surface area contributed by atoms with Gasteiger partial charge in [-0.05, 0) is 48.0 Å². The maximum absolute atomic E-state index is 12.4. The van der Waals surface area contributed by atoms with Crippen molar-refractivity contribution >= 4 is 41.2 Å². The molecule has 4 rings (SSSR count). The van der Waals surface area contributed by atoms with E-state index in [0.717, 1.165) is 16.0 Å². The Bertz CT molecular complexity index is 1070. The number of ketones is 1. The minimum atomic E-state index is -0.510. The molecule has 0 amide bonds. The molecule has 0 aliphatic carbocycles. The van der Waals surface area contributed by atoms with Gasteiger partial charge in [0.2, 0.25) is 5.78 Å². The highest BCUT2D eigenvalue weighted by atomic mass is 35.5. The van der Waals surface area contributed by atoms with E-state index in [1.807, 2.05) is 30.3 Å². The SMILES string of the molecule is O=C(Oc1ccc(/C=C2\Sc3ccccc3C2=O)cc1)c1ccccc1Cl. The van der Waals surface area contributed by atoms with Gasteiger partial charge in [0.1, 0.15) is 5.75 Å². The lowest BCUT2D eigenvalue weighted by atomic mass is 10.1. The van der Waals surface area contributed by atoms with Crippen molar-refractivity contribution in [3.63, 3.8) is 0 Å². The second kappa shape index (κ2) is 7.43. The Kier molecular flexibility index (Phi) is 4.84. The van der Waals surface area contributed by atoms with Crippen molar-refractivity contribution in [2.45, 2.75) is 4.90 Å². The maximum Gasteiger partial charge on any atom is 0.345 e. The van der Waals surface area contributed by atoms with Crippen LogP contribution in [-0.4, -0.2) is 11.8 Å². The van der Waals surface area contributed by atoms with Gasteiger partial charge in [-0.15, -0.1) is 0 Å². The summed E-state index contributed by atoms with van der Waals surface area (Å²) in [6.45, 7) is 0. The minimum Gasteiger partial charge on any atom is -0.423 e. The van der Waals surface area contributed by atoms with E-state index in [4.69, 9.17) is 16.3 Å². The molecule has 1 aliphatic rings. The van der Waals surface area contributed by atoms with Gasteiger partial charge >= 0.3 is 5.97 Å². The van der Waals surface area contributed by atoms with E-state index in [2.05, 4.69) is 0 Å². The fraction of sp³-hybridized carbons (Fsp3) is 0. The first kappa shape index (κ1) is 17.6. The summed E-state index contributed by atoms with van der Waals surface area (Å²) in [4.78, 5) is 26.3. The van der Waals surface area contributed by atoms with Crippen LogP contribution >= 0.6 is 23.4 Å². The van der Waals surface area contributed by atoms with Crippen LogP contribution in [0.15, 0.2) is 82.6 Å². The fourth-order valence-electron chi connectivity index (χ4n) is 2.71. The molecule has 0 aromatic heterocycles. The van der Waals surface area contributed by atoms with Crippen LogP contribution in [0.3, 0.4) is 0 Å². The van der Waals surface area contributed by atoms with Gasteiger partial charge in [-0.2, -0.15) is 0 Å². The lowest BCUT2D eigenvalue weighted by molar-refractivity contribution is 0.0734. The predicted octanol–water partition coefficient (Wildman–Crippen LogP) is 5.89. The topological polar surface area (TPSA) is 43.4 Å². The smallest absolute Gasteiger partial charge is 0.345 e. The lowest BCUT2D eigenvalue weighted by Gasteiger charge is -2.06. The summed E-state index contributed by atoms with van der Waals surface area (Å²) in [6.07, 6.45) is 1.84. The third kappa shape index (κ3) is 3.68. The molecule has 3 nitrogen and oxygen atoms in total. The molecular weight excluding hydrogens is 380 g/mol. The van der Waals surface area contributed by atoms with Crippen LogP contribution in [0.2, 0.25) is 5.02 Å². The number of allylic oxidation sites excluding steroid dienone is 1. The number of benzene rings is 3. The molecule has 1 heterocycles. The van der Waals surface area contributed by atoms with Crippen molar-refractivity contribution in [2.24, 2.45) is 0 Å². The van der Waals surface area contributed by atoms with Gasteiger partial charge in [-0.1, -0.05) is 59.8 Å². The second-order valence-electron chi connectivity index (χ2n) is 5.87. The molecule has 27 heavy (non-hydrogen) atoms. The van der Waals surface area contributed by atoms with Crippen molar-refractivity contribution in [3.8, 4) is 5.75 Å². The average molecular weight is 393 g/mol. The third-order valence-corrected chi connectivity index (χ3v) is 5.49. The van der Waals surface area contributed by atoms with Crippen LogP contribution in [-0.2, 0) is 0 Å². The van der Waals surface area contributed by atoms with E-state index in [9.17, 15) is 9.59 Å². The van der Waals surface area contributed by atoms with Gasteiger partial charge in [0.15, 0.2) is 0 Å². The normalized spacial score (nSPS) is 14.3. The number of Topliss-reactive ketones (excluding diaryl/α,β-unsaturated/α-hetero) is 1. The number of carbonyl (C=O) groups is 2. The summed E-state index contributed by atoms with van der Waals surface area (Å²) in [5, 5.41) is 0.347. The largest absolute Gasteiger partial charge is 0.423 e. The van der Waals surface area contributed by atoms with Crippen molar-refractivity contribution in [2.75, 3.05) is 0 Å². The van der Waals surface area contributed by atoms with Crippen molar-refractivity contribution in [3.05, 3.63) is 99.4 Å². The van der Waals surface area contributed by atoms with Crippen LogP contribution in [0.4, 0.5) is 0 Å². The summed E-state index contributed by atoms with van der Waals surface area (Å²) in [5.41, 5.74) is 1.91. The zero-order chi connectivity index (χ0) is 18.8. The standard InChI is InChI=1S/C22H13ClO3S/c23-18-7-3-1-5-16(18)22(25)26-15-11-9-14(10-12-15)13-20-21(24)17-6-2-4-8-19(17)27-20/h1-13H/b20-13-. The van der Waals surface area contributed by atoms with Gasteiger partial charge in [-0.3, -0.25) is 4.79 Å². The van der Waals surface area contributed by atoms with Crippen LogP contribution < -0.4 is 4.74 Å². The van der Waals surface area contributed by atoms with E-state index < -0.39 is 5.97 Å². The molecule has 1 aliphatic heterocycles. The lowest BCUT2D eigenvalue weighted by Crippen LogP contribution is -2.08. The number of esters is 1. The number of thioether (sulfide) groups is 1. The first-order valence-electron chi connectivity index (χ1n) is 8.22. The summed E-state index contributed by atoms with van der Waals surface area (Å²) in [7, 11) is 0. The Balaban J connectivity index is 1.50. The summed E-state index contributed by atoms with van der Waals surface area (Å²) in [6, 6.07) is 21.3. The Morgan fingerprint density at radius 3 is 2.37 bits per heavy atom. The van der Waals surface area contributed by atoms with Gasteiger partial charge < -0.3 is 4.74 Å². The van der Waals surface area contributed by atoms with Crippen LogP contribution in [0.25, 0.3) is 6.08 Å². The van der Waals surface area contributed by atoms with E-state index >= 15 is 0 Å². The number of ether oxygens (including phenoxy) is 1. The molecule has 3 aromatic rings. The first-order valence-corrected chi connectivity index (χ1v) is 9.41. The van der Waals surface area contributed by atoms with Gasteiger partial charge in [-0.25, -0.2) is 4.79 Å². The number of fused-ring (bicyclic) bond motifs is 1. The highest BCUT2D eigenvalue weighted by Crippen LogP contribution is 2.40. The molecule has 0 radical (unpaired) electrons. The zero-order valence-corrected chi connectivity index (χ0v) is 15.6. The monoisotopic (exact) mass is 392 g/mol. The van der Waals surface area contributed by atoms with Crippen LogP contribution in [0.5, 0.6) is 5.75 Å². The Morgan fingerprint density at radius 2 is 1.63 bits per heavy atom. The van der Waals surface area contributed by atoms with Crippen molar-refractivity contribution in [1.29, 1.82) is 0 Å². The van der Waals surface area contributed by atoms with Gasteiger partial charge in [0, 0.05) is 10.5 Å². The Hall–Kier alpha value is -2.82. The maximum atomic E-state index is 12.4. The van der Waals surface area contributed by atoms with E-state index in [1.165, 1.54) is 11.8 Å². The third-order valence-electron chi connectivity index (χ3n) is 4.06. The number of hydrogen-bond donors (Lipinski definition) is 0.